The molecule has 1 saturated heterocycles. The number of carbonyl (C=O) groups excluding carboxylic acids is 1. The summed E-state index contributed by atoms with van der Waals surface area (Å²) >= 11 is 1.62. The number of hydrogen-bond acceptors (Lipinski definition) is 3. The Morgan fingerprint density at radius 3 is 2.37 bits per heavy atom. The van der Waals surface area contributed by atoms with Crippen LogP contribution in [-0.2, 0) is 0 Å². The average molecular weight is 279 g/mol. The van der Waals surface area contributed by atoms with Crippen molar-refractivity contribution in [1.29, 1.82) is 0 Å². The van der Waals surface area contributed by atoms with E-state index in [0.29, 0.717) is 17.7 Å². The molecule has 1 aromatic heterocycles. The average Bonchev–Trinajstić information content (AvgIpc) is 2.87. The Balaban J connectivity index is 1.87. The maximum absolute atomic E-state index is 12.2. The number of rotatable bonds is 5. The lowest BCUT2D eigenvalue weighted by Gasteiger charge is -2.40. The van der Waals surface area contributed by atoms with Crippen LogP contribution in [0.3, 0.4) is 0 Å². The van der Waals surface area contributed by atoms with Crippen molar-refractivity contribution in [3.05, 3.63) is 21.9 Å². The zero-order valence-electron chi connectivity index (χ0n) is 12.4. The third-order valence-electron chi connectivity index (χ3n) is 4.80. The van der Waals surface area contributed by atoms with Crippen LogP contribution in [0, 0.1) is 12.3 Å². The van der Waals surface area contributed by atoms with E-state index in [1.54, 1.807) is 11.3 Å². The number of nitrogens with zero attached hydrogens (tertiary/aromatic N) is 1. The summed E-state index contributed by atoms with van der Waals surface area (Å²) in [6, 6.07) is 4.00. The molecule has 3 heteroatoms. The van der Waals surface area contributed by atoms with Gasteiger partial charge in [-0.05, 0) is 50.4 Å². The van der Waals surface area contributed by atoms with E-state index < -0.39 is 0 Å². The molecule has 19 heavy (non-hydrogen) atoms. The van der Waals surface area contributed by atoms with Gasteiger partial charge in [-0.1, -0.05) is 26.7 Å². The van der Waals surface area contributed by atoms with Gasteiger partial charge in [0.15, 0.2) is 5.78 Å². The predicted molar refractivity (Wildman–Crippen MR) is 82.1 cm³/mol. The van der Waals surface area contributed by atoms with E-state index in [2.05, 4.69) is 25.7 Å². The van der Waals surface area contributed by atoms with Crippen LogP contribution in [0.4, 0.5) is 0 Å². The highest BCUT2D eigenvalue weighted by Gasteiger charge is 2.31. The molecule has 0 atom stereocenters. The number of Topliss-reactive ketones (excluding diaryl/α,β-unsaturated/α-hetero) is 1. The molecule has 0 radical (unpaired) electrons. The fourth-order valence-corrected chi connectivity index (χ4v) is 3.81. The maximum Gasteiger partial charge on any atom is 0.186 e. The first-order valence-electron chi connectivity index (χ1n) is 7.40. The Hall–Kier alpha value is -0.670. The van der Waals surface area contributed by atoms with Gasteiger partial charge < -0.3 is 0 Å². The molecule has 2 rings (SSSR count). The van der Waals surface area contributed by atoms with Crippen LogP contribution in [0.1, 0.15) is 54.1 Å². The Kier molecular flexibility index (Phi) is 4.80. The van der Waals surface area contributed by atoms with Crippen molar-refractivity contribution in [3.8, 4) is 0 Å². The molecule has 2 nitrogen and oxygen atoms in total. The Morgan fingerprint density at radius 2 is 1.89 bits per heavy atom. The second kappa shape index (κ2) is 6.19. The van der Waals surface area contributed by atoms with Gasteiger partial charge in [-0.2, -0.15) is 0 Å². The SMILES string of the molecule is CCC1(CC)CCN(CC(=O)c2ccc(C)s2)CC1. The maximum atomic E-state index is 12.2. The van der Waals surface area contributed by atoms with Crippen LogP contribution in [0.25, 0.3) is 0 Å². The van der Waals surface area contributed by atoms with Crippen LogP contribution in [0.15, 0.2) is 12.1 Å². The first-order chi connectivity index (χ1) is 9.08. The fraction of sp³-hybridized carbons (Fsp3) is 0.688. The Bertz CT molecular complexity index is 424. The van der Waals surface area contributed by atoms with Crippen molar-refractivity contribution >= 4 is 17.1 Å². The van der Waals surface area contributed by atoms with Crippen LogP contribution < -0.4 is 0 Å². The van der Waals surface area contributed by atoms with E-state index in [-0.39, 0.29) is 0 Å². The minimum atomic E-state index is 0.290. The summed E-state index contributed by atoms with van der Waals surface area (Å²) in [5, 5.41) is 0. The molecule has 0 N–H and O–H groups in total. The minimum absolute atomic E-state index is 0.290. The topological polar surface area (TPSA) is 20.3 Å². The number of likely N-dealkylation sites (tertiary alicyclic amines) is 1. The van der Waals surface area contributed by atoms with E-state index >= 15 is 0 Å². The van der Waals surface area contributed by atoms with Gasteiger partial charge in [0.2, 0.25) is 0 Å². The first-order valence-corrected chi connectivity index (χ1v) is 8.22. The molecule has 0 saturated carbocycles. The quantitative estimate of drug-likeness (QED) is 0.755. The zero-order chi connectivity index (χ0) is 13.9. The molecule has 106 valence electrons. The van der Waals surface area contributed by atoms with E-state index in [0.717, 1.165) is 18.0 Å². The van der Waals surface area contributed by atoms with Gasteiger partial charge in [0, 0.05) is 4.88 Å². The summed E-state index contributed by atoms with van der Waals surface area (Å²) in [4.78, 5) is 16.7. The van der Waals surface area contributed by atoms with E-state index in [1.807, 2.05) is 12.1 Å². The van der Waals surface area contributed by atoms with Gasteiger partial charge in [-0.25, -0.2) is 0 Å². The second-order valence-corrected chi connectivity index (χ2v) is 7.10. The number of aryl methyl sites for hydroxylation is 1. The highest BCUT2D eigenvalue weighted by molar-refractivity contribution is 7.14. The van der Waals surface area contributed by atoms with E-state index in [1.165, 1.54) is 30.6 Å². The molecule has 1 aliphatic heterocycles. The first kappa shape index (κ1) is 14.7. The molecule has 0 aromatic carbocycles. The molecule has 0 bridgehead atoms. The van der Waals surface area contributed by atoms with Crippen molar-refractivity contribution in [2.75, 3.05) is 19.6 Å². The molecule has 1 aliphatic rings. The molecule has 1 aromatic rings. The van der Waals surface area contributed by atoms with Crippen molar-refractivity contribution in [2.24, 2.45) is 5.41 Å². The lowest BCUT2D eigenvalue weighted by molar-refractivity contribution is 0.0759. The molecule has 0 aliphatic carbocycles. The molecule has 2 heterocycles. The summed E-state index contributed by atoms with van der Waals surface area (Å²) < 4.78 is 0. The largest absolute Gasteiger partial charge is 0.296 e. The zero-order valence-corrected chi connectivity index (χ0v) is 13.2. The number of hydrogen-bond donors (Lipinski definition) is 0. The summed E-state index contributed by atoms with van der Waals surface area (Å²) in [5.74, 6) is 0.290. The lowest BCUT2D eigenvalue weighted by atomic mass is 9.74. The Labute approximate surface area is 120 Å². The second-order valence-electron chi connectivity index (χ2n) is 5.82. The van der Waals surface area contributed by atoms with E-state index in [9.17, 15) is 4.79 Å². The van der Waals surface area contributed by atoms with Gasteiger partial charge in [0.25, 0.3) is 0 Å². The van der Waals surface area contributed by atoms with Gasteiger partial charge in [-0.15, -0.1) is 11.3 Å². The van der Waals surface area contributed by atoms with Crippen LogP contribution >= 0.6 is 11.3 Å². The predicted octanol–water partition coefficient (Wildman–Crippen LogP) is 4.14. The van der Waals surface area contributed by atoms with Crippen molar-refractivity contribution in [1.82, 2.24) is 4.90 Å². The van der Waals surface area contributed by atoms with Crippen LogP contribution in [0.2, 0.25) is 0 Å². The molecular formula is C16H25NOS. The van der Waals surface area contributed by atoms with Gasteiger partial charge >= 0.3 is 0 Å². The summed E-state index contributed by atoms with van der Waals surface area (Å²) in [5.41, 5.74) is 0.541. The van der Waals surface area contributed by atoms with Crippen LogP contribution in [-0.4, -0.2) is 30.3 Å². The number of piperidine rings is 1. The monoisotopic (exact) mass is 279 g/mol. The van der Waals surface area contributed by atoms with Gasteiger partial charge in [-0.3, -0.25) is 9.69 Å². The lowest BCUT2D eigenvalue weighted by Crippen LogP contribution is -2.41. The number of carbonyl (C=O) groups is 1. The van der Waals surface area contributed by atoms with Crippen molar-refractivity contribution in [3.63, 3.8) is 0 Å². The normalized spacial score (nSPS) is 19.5. The van der Waals surface area contributed by atoms with Crippen molar-refractivity contribution < 1.29 is 4.79 Å². The summed E-state index contributed by atoms with van der Waals surface area (Å²) in [6.07, 6.45) is 5.04. The molecule has 0 amide bonds. The molecular weight excluding hydrogens is 254 g/mol. The van der Waals surface area contributed by atoms with Gasteiger partial charge in [0.05, 0.1) is 11.4 Å². The number of ketones is 1. The minimum Gasteiger partial charge on any atom is -0.296 e. The highest BCUT2D eigenvalue weighted by Crippen LogP contribution is 2.37. The number of thiophene rings is 1. The van der Waals surface area contributed by atoms with Gasteiger partial charge in [0.1, 0.15) is 0 Å². The summed E-state index contributed by atoms with van der Waals surface area (Å²) in [7, 11) is 0. The van der Waals surface area contributed by atoms with Crippen molar-refractivity contribution in [2.45, 2.75) is 46.5 Å². The third-order valence-corrected chi connectivity index (χ3v) is 5.84. The fourth-order valence-electron chi connectivity index (χ4n) is 3.01. The molecule has 0 unspecified atom stereocenters. The molecule has 1 fully saturated rings. The Morgan fingerprint density at radius 1 is 1.26 bits per heavy atom. The molecule has 0 spiro atoms. The highest BCUT2D eigenvalue weighted by atomic mass is 32.1. The van der Waals surface area contributed by atoms with E-state index in [4.69, 9.17) is 0 Å². The smallest absolute Gasteiger partial charge is 0.186 e. The standard InChI is InChI=1S/C16H25NOS/c1-4-16(5-2)8-10-17(11-9-16)12-14(18)15-7-6-13(3)19-15/h6-7H,4-5,8-12H2,1-3H3. The summed E-state index contributed by atoms with van der Waals surface area (Å²) in [6.45, 7) is 9.43. The third kappa shape index (κ3) is 3.46. The van der Waals surface area contributed by atoms with Crippen LogP contribution in [0.5, 0.6) is 0 Å².